The second-order valence-corrected chi connectivity index (χ2v) is 11.4. The Morgan fingerprint density at radius 2 is 1.51 bits per heavy atom. The van der Waals surface area contributed by atoms with Crippen LogP contribution in [0.1, 0.15) is 74.4 Å². The highest BCUT2D eigenvalue weighted by Crippen LogP contribution is 2.28. The molecular weight excluding hydrogens is 502 g/mol. The Kier molecular flexibility index (Phi) is 9.04. The molecule has 3 amide bonds. The minimum atomic E-state index is -0.963. The molecule has 1 N–H and O–H groups in total. The van der Waals surface area contributed by atoms with Crippen molar-refractivity contribution in [1.29, 1.82) is 0 Å². The van der Waals surface area contributed by atoms with Crippen molar-refractivity contribution in [2.45, 2.75) is 85.5 Å². The summed E-state index contributed by atoms with van der Waals surface area (Å²) >= 11 is 6.24. The Hall–Kier alpha value is -3.52. The third-order valence-corrected chi connectivity index (χ3v) is 4.13. The highest BCUT2D eigenvalue weighted by Gasteiger charge is 2.35. The summed E-state index contributed by atoms with van der Waals surface area (Å²) in [5.74, 6) is 5.82. The first kappa shape index (κ1) is 29.7. The number of nitrogens with zero attached hydrogens (tertiary/aromatic N) is 4. The second-order valence-electron chi connectivity index (χ2n) is 11.0. The van der Waals surface area contributed by atoms with Gasteiger partial charge in [0, 0.05) is 19.0 Å². The van der Waals surface area contributed by atoms with Crippen molar-refractivity contribution in [3.8, 4) is 11.8 Å². The lowest BCUT2D eigenvalue weighted by molar-refractivity contribution is 0.0428. The van der Waals surface area contributed by atoms with Crippen molar-refractivity contribution in [1.82, 2.24) is 19.9 Å². The van der Waals surface area contributed by atoms with E-state index in [0.717, 1.165) is 4.90 Å². The Balaban J connectivity index is 2.37. The van der Waals surface area contributed by atoms with E-state index >= 15 is 0 Å². The number of nitrogens with one attached hydrogen (secondary N) is 1. The molecule has 0 spiro atoms. The van der Waals surface area contributed by atoms with Crippen molar-refractivity contribution in [3.63, 3.8) is 0 Å². The maximum absolute atomic E-state index is 13.1. The Morgan fingerprint density at radius 1 is 0.973 bits per heavy atom. The quantitative estimate of drug-likeness (QED) is 0.318. The highest BCUT2D eigenvalue weighted by molar-refractivity contribution is 6.30. The van der Waals surface area contributed by atoms with Gasteiger partial charge in [-0.15, -0.1) is 0 Å². The van der Waals surface area contributed by atoms with E-state index < -0.39 is 35.1 Å². The van der Waals surface area contributed by atoms with E-state index in [1.807, 2.05) is 0 Å². The highest BCUT2D eigenvalue weighted by atomic mass is 35.5. The summed E-state index contributed by atoms with van der Waals surface area (Å²) < 4.78 is 17.4. The lowest BCUT2D eigenvalue weighted by Gasteiger charge is -2.28. The monoisotopic (exact) mass is 535 g/mol. The van der Waals surface area contributed by atoms with Crippen LogP contribution in [0.4, 0.5) is 20.1 Å². The van der Waals surface area contributed by atoms with Gasteiger partial charge in [-0.2, -0.15) is 10.00 Å². The zero-order valence-corrected chi connectivity index (χ0v) is 23.4. The predicted octanol–water partition coefficient (Wildman–Crippen LogP) is 5.33. The number of halogens is 1. The van der Waals surface area contributed by atoms with Crippen LogP contribution < -0.4 is 10.2 Å². The third kappa shape index (κ3) is 9.46. The average molecular weight is 536 g/mol. The fourth-order valence-corrected chi connectivity index (χ4v) is 2.93. The van der Waals surface area contributed by atoms with E-state index in [4.69, 9.17) is 25.8 Å². The molecule has 0 fully saturated rings. The Bertz CT molecular complexity index is 1200. The van der Waals surface area contributed by atoms with Gasteiger partial charge in [0.15, 0.2) is 10.8 Å². The third-order valence-electron chi connectivity index (χ3n) is 3.95. The van der Waals surface area contributed by atoms with Gasteiger partial charge in [0.2, 0.25) is 0 Å². The molecule has 2 heterocycles. The van der Waals surface area contributed by atoms with Crippen LogP contribution in [0.25, 0.3) is 5.65 Å². The van der Waals surface area contributed by atoms with Gasteiger partial charge in [-0.1, -0.05) is 17.5 Å². The van der Waals surface area contributed by atoms with E-state index in [0.29, 0.717) is 12.1 Å². The maximum atomic E-state index is 13.1. The number of alkyl carbamates (subject to hydrolysis) is 1. The first-order chi connectivity index (χ1) is 16.9. The number of anilines is 1. The minimum absolute atomic E-state index is 0.0168. The van der Waals surface area contributed by atoms with Gasteiger partial charge >= 0.3 is 18.3 Å². The number of carbonyl (C=O) groups is 3. The maximum Gasteiger partial charge on any atom is 0.424 e. The molecule has 0 bridgehead atoms. The molecule has 37 heavy (non-hydrogen) atoms. The van der Waals surface area contributed by atoms with Crippen molar-refractivity contribution in [3.05, 3.63) is 23.1 Å². The topological polar surface area (TPSA) is 124 Å². The number of hydrogen-bond acceptors (Lipinski definition) is 8. The summed E-state index contributed by atoms with van der Waals surface area (Å²) in [5.41, 5.74) is -1.86. The fourth-order valence-electron chi connectivity index (χ4n) is 2.75. The van der Waals surface area contributed by atoms with Crippen LogP contribution in [-0.4, -0.2) is 56.2 Å². The molecule has 202 valence electrons. The molecule has 2 aromatic heterocycles. The van der Waals surface area contributed by atoms with Gasteiger partial charge in [-0.25, -0.2) is 23.9 Å². The number of amides is 3. The zero-order chi connectivity index (χ0) is 28.2. The molecule has 0 radical (unpaired) electrons. The summed E-state index contributed by atoms with van der Waals surface area (Å²) in [6.45, 7) is 15.6. The van der Waals surface area contributed by atoms with E-state index in [1.165, 1.54) is 16.8 Å². The van der Waals surface area contributed by atoms with Crippen molar-refractivity contribution in [2.24, 2.45) is 0 Å². The SMILES string of the molecule is CC(C)(C)OC(=O)NCCC#Cc1cnc2c(N(C(=O)OC(C)(C)C)C(=O)OC(C)(C)C)cc(Cl)nn12. The summed E-state index contributed by atoms with van der Waals surface area (Å²) in [6.07, 6.45) is -0.711. The van der Waals surface area contributed by atoms with Gasteiger partial charge in [-0.3, -0.25) is 0 Å². The number of hydrogen-bond donors (Lipinski definition) is 1. The number of imide groups is 1. The molecular formula is C25H34ClN5O6. The number of aromatic nitrogens is 3. The largest absolute Gasteiger partial charge is 0.444 e. The van der Waals surface area contributed by atoms with Gasteiger partial charge in [0.25, 0.3) is 0 Å². The van der Waals surface area contributed by atoms with E-state index in [1.54, 1.807) is 62.3 Å². The molecule has 2 rings (SSSR count). The molecule has 0 saturated heterocycles. The minimum Gasteiger partial charge on any atom is -0.444 e. The number of imidazole rings is 1. The molecule has 0 aliphatic heterocycles. The first-order valence-electron chi connectivity index (χ1n) is 11.6. The Labute approximate surface area is 221 Å². The molecule has 0 saturated carbocycles. The zero-order valence-electron chi connectivity index (χ0n) is 22.7. The molecule has 0 aliphatic rings. The van der Waals surface area contributed by atoms with Gasteiger partial charge in [0.1, 0.15) is 28.2 Å². The Morgan fingerprint density at radius 3 is 2.03 bits per heavy atom. The lowest BCUT2D eigenvalue weighted by Crippen LogP contribution is -2.44. The number of fused-ring (bicyclic) bond motifs is 1. The van der Waals surface area contributed by atoms with Crippen molar-refractivity contribution < 1.29 is 28.6 Å². The van der Waals surface area contributed by atoms with Gasteiger partial charge in [-0.05, 0) is 68.2 Å². The molecule has 0 unspecified atom stereocenters. The molecule has 12 heteroatoms. The summed E-state index contributed by atoms with van der Waals surface area (Å²) in [7, 11) is 0. The van der Waals surface area contributed by atoms with Crippen molar-refractivity contribution >= 4 is 41.2 Å². The smallest absolute Gasteiger partial charge is 0.424 e. The summed E-state index contributed by atoms with van der Waals surface area (Å²) in [5, 5.41) is 6.81. The second kappa shape index (κ2) is 11.3. The number of ether oxygens (including phenoxy) is 3. The van der Waals surface area contributed by atoms with E-state index in [9.17, 15) is 14.4 Å². The first-order valence-corrected chi connectivity index (χ1v) is 12.0. The molecule has 2 aromatic rings. The number of carbonyl (C=O) groups excluding carboxylic acids is 3. The van der Waals surface area contributed by atoms with Crippen LogP contribution in [-0.2, 0) is 14.2 Å². The van der Waals surface area contributed by atoms with E-state index in [2.05, 4.69) is 27.2 Å². The number of rotatable bonds is 3. The molecule has 0 aliphatic carbocycles. The lowest BCUT2D eigenvalue weighted by atomic mass is 10.2. The van der Waals surface area contributed by atoms with Crippen LogP contribution in [0.2, 0.25) is 5.15 Å². The van der Waals surface area contributed by atoms with Crippen LogP contribution in [0.3, 0.4) is 0 Å². The van der Waals surface area contributed by atoms with Crippen LogP contribution in [0.5, 0.6) is 0 Å². The van der Waals surface area contributed by atoms with Gasteiger partial charge < -0.3 is 19.5 Å². The van der Waals surface area contributed by atoms with Crippen LogP contribution in [0.15, 0.2) is 12.3 Å². The van der Waals surface area contributed by atoms with Crippen molar-refractivity contribution in [2.75, 3.05) is 11.4 Å². The average Bonchev–Trinajstić information content (AvgIpc) is 3.06. The predicted molar refractivity (Wildman–Crippen MR) is 139 cm³/mol. The fraction of sp³-hybridized carbons (Fsp3) is 0.560. The van der Waals surface area contributed by atoms with Gasteiger partial charge in [0.05, 0.1) is 6.20 Å². The summed E-state index contributed by atoms with van der Waals surface area (Å²) in [4.78, 5) is 42.9. The molecule has 0 atom stereocenters. The molecule has 11 nitrogen and oxygen atoms in total. The normalized spacial score (nSPS) is 11.8. The van der Waals surface area contributed by atoms with E-state index in [-0.39, 0.29) is 23.0 Å². The van der Waals surface area contributed by atoms with Crippen LogP contribution in [0, 0.1) is 11.8 Å². The summed E-state index contributed by atoms with van der Waals surface area (Å²) in [6, 6.07) is 1.32. The molecule has 0 aromatic carbocycles. The van der Waals surface area contributed by atoms with Crippen LogP contribution >= 0.6 is 11.6 Å². The standard InChI is InChI=1S/C25H34ClN5O6/c1-23(2,3)35-20(32)27-13-11-10-12-16-15-28-19-17(14-18(26)29-31(16)19)30(21(33)36-24(4,5)6)22(34)37-25(7,8)9/h14-15H,11,13H2,1-9H3,(H,27,32).